The average molecular weight is 402 g/mol. The highest BCUT2D eigenvalue weighted by molar-refractivity contribution is 5.75. The monoisotopic (exact) mass is 401 g/mol. The Morgan fingerprint density at radius 2 is 1.72 bits per heavy atom. The maximum absolute atomic E-state index is 11.2. The molecule has 0 spiro atoms. The first-order chi connectivity index (χ1) is 14.0. The number of rotatable bonds is 9. The summed E-state index contributed by atoms with van der Waals surface area (Å²) in [6.45, 7) is 4.35. The molecule has 4 rings (SSSR count). The summed E-state index contributed by atoms with van der Waals surface area (Å²) in [4.78, 5) is 20.4. The van der Waals surface area contributed by atoms with Gasteiger partial charge in [-0.05, 0) is 57.4 Å². The summed E-state index contributed by atoms with van der Waals surface area (Å²) < 4.78 is 19.9. The van der Waals surface area contributed by atoms with Crippen LogP contribution in [0.1, 0.15) is 58.8 Å². The van der Waals surface area contributed by atoms with Crippen molar-refractivity contribution in [3.05, 3.63) is 12.1 Å². The van der Waals surface area contributed by atoms with Gasteiger partial charge in [-0.3, -0.25) is 4.57 Å². The molecule has 0 unspecified atom stereocenters. The predicted molar refractivity (Wildman–Crippen MR) is 109 cm³/mol. The van der Waals surface area contributed by atoms with Crippen LogP contribution in [0.2, 0.25) is 0 Å². The Balaban J connectivity index is 1.29. The van der Waals surface area contributed by atoms with Crippen molar-refractivity contribution in [2.75, 3.05) is 6.61 Å². The molecule has 158 valence electrons. The normalized spacial score (nSPS) is 23.1. The molecule has 7 heteroatoms. The first-order valence-corrected chi connectivity index (χ1v) is 10.8. The van der Waals surface area contributed by atoms with E-state index < -0.39 is 0 Å². The highest BCUT2D eigenvalue weighted by Crippen LogP contribution is 2.29. The molecule has 0 amide bonds. The van der Waals surface area contributed by atoms with Gasteiger partial charge < -0.3 is 19.0 Å². The van der Waals surface area contributed by atoms with Gasteiger partial charge >= 0.3 is 0 Å². The largest absolute Gasteiger partial charge is 0.474 e. The standard InChI is InChI=1S/C22H31N3O4/c1-14(12-15(2)26)13-27-16-4-6-18(7-5-16)29-22-23-19-10-11-20(28-17-8-9-17)24-21(19)25(22)3/h10-11,14,16-18H,4-9,12-13H2,1-3H3/t14-,16?,18?/m1/s1. The van der Waals surface area contributed by atoms with Crippen molar-refractivity contribution >= 4 is 16.9 Å². The van der Waals surface area contributed by atoms with Gasteiger partial charge in [0.15, 0.2) is 5.65 Å². The maximum Gasteiger partial charge on any atom is 0.298 e. The van der Waals surface area contributed by atoms with Gasteiger partial charge in [0.05, 0.1) is 6.10 Å². The number of carbonyl (C=O) groups is 1. The number of ether oxygens (including phenoxy) is 3. The molecule has 0 aliphatic heterocycles. The van der Waals surface area contributed by atoms with Crippen molar-refractivity contribution in [2.45, 2.75) is 77.1 Å². The predicted octanol–water partition coefficient (Wildman–Crippen LogP) is 3.83. The van der Waals surface area contributed by atoms with Gasteiger partial charge in [0, 0.05) is 26.1 Å². The van der Waals surface area contributed by atoms with E-state index >= 15 is 0 Å². The van der Waals surface area contributed by atoms with Gasteiger partial charge in [-0.25, -0.2) is 0 Å². The number of aryl methyl sites for hydroxylation is 1. The third kappa shape index (κ3) is 5.26. The molecule has 0 radical (unpaired) electrons. The minimum absolute atomic E-state index is 0.141. The minimum Gasteiger partial charge on any atom is -0.474 e. The number of Topliss-reactive ketones (excluding diaryl/α,β-unsaturated/α-hetero) is 1. The summed E-state index contributed by atoms with van der Waals surface area (Å²) in [7, 11) is 1.93. The lowest BCUT2D eigenvalue weighted by Gasteiger charge is -2.29. The molecule has 2 fully saturated rings. The van der Waals surface area contributed by atoms with Crippen molar-refractivity contribution < 1.29 is 19.0 Å². The zero-order valence-corrected chi connectivity index (χ0v) is 17.6. The molecular formula is C22H31N3O4. The van der Waals surface area contributed by atoms with Crippen LogP contribution in [0, 0.1) is 5.92 Å². The Kier molecular flexibility index (Phi) is 6.04. The Hall–Kier alpha value is -2.15. The Labute approximate surface area is 171 Å². The zero-order valence-electron chi connectivity index (χ0n) is 17.6. The molecule has 1 atom stereocenters. The molecule has 2 heterocycles. The summed E-state index contributed by atoms with van der Waals surface area (Å²) in [5.41, 5.74) is 1.61. The maximum atomic E-state index is 11.2. The van der Waals surface area contributed by atoms with Gasteiger partial charge in [-0.15, -0.1) is 0 Å². The summed E-state index contributed by atoms with van der Waals surface area (Å²) in [6.07, 6.45) is 7.37. The molecule has 0 N–H and O–H groups in total. The third-order valence-corrected chi connectivity index (χ3v) is 5.61. The van der Waals surface area contributed by atoms with Crippen molar-refractivity contribution in [2.24, 2.45) is 13.0 Å². The summed E-state index contributed by atoms with van der Waals surface area (Å²) in [5.74, 6) is 1.16. The van der Waals surface area contributed by atoms with E-state index in [-0.39, 0.29) is 23.9 Å². The quantitative estimate of drug-likeness (QED) is 0.636. The molecular weight excluding hydrogens is 370 g/mol. The van der Waals surface area contributed by atoms with Crippen LogP contribution < -0.4 is 9.47 Å². The van der Waals surface area contributed by atoms with Crippen molar-refractivity contribution in [3.8, 4) is 11.9 Å². The molecule has 7 nitrogen and oxygen atoms in total. The molecule has 2 aromatic heterocycles. The first kappa shape index (κ1) is 20.1. The number of hydrogen-bond donors (Lipinski definition) is 0. The molecule has 2 aliphatic rings. The van der Waals surface area contributed by atoms with Gasteiger partial charge in [-0.2, -0.15) is 9.97 Å². The fraction of sp³-hybridized carbons (Fsp3) is 0.682. The highest BCUT2D eigenvalue weighted by Gasteiger charge is 2.26. The van der Waals surface area contributed by atoms with E-state index in [0.29, 0.717) is 31.0 Å². The Morgan fingerprint density at radius 3 is 2.41 bits per heavy atom. The number of hydrogen-bond acceptors (Lipinski definition) is 6. The first-order valence-electron chi connectivity index (χ1n) is 10.8. The van der Waals surface area contributed by atoms with Crippen molar-refractivity contribution in [1.29, 1.82) is 0 Å². The molecule has 0 saturated heterocycles. The summed E-state index contributed by atoms with van der Waals surface area (Å²) >= 11 is 0. The topological polar surface area (TPSA) is 75.5 Å². The van der Waals surface area contributed by atoms with Crippen LogP contribution in [0.5, 0.6) is 11.9 Å². The van der Waals surface area contributed by atoms with E-state index in [9.17, 15) is 4.79 Å². The lowest BCUT2D eigenvalue weighted by atomic mass is 9.95. The van der Waals surface area contributed by atoms with Gasteiger partial charge in [0.25, 0.3) is 6.01 Å². The number of carbonyl (C=O) groups excluding carboxylic acids is 1. The second kappa shape index (κ2) is 8.69. The molecule has 2 aromatic rings. The van der Waals surface area contributed by atoms with Crippen LogP contribution in [-0.4, -0.2) is 45.2 Å². The SMILES string of the molecule is CC(=O)C[C@@H](C)COC1CCC(Oc2nc3ccc(OC4CC4)nc3n2C)CC1. The van der Waals surface area contributed by atoms with Gasteiger partial charge in [0.1, 0.15) is 23.5 Å². The van der Waals surface area contributed by atoms with E-state index in [0.717, 1.165) is 49.7 Å². The van der Waals surface area contributed by atoms with E-state index in [4.69, 9.17) is 14.2 Å². The summed E-state index contributed by atoms with van der Waals surface area (Å²) in [5, 5.41) is 0. The fourth-order valence-corrected chi connectivity index (χ4v) is 3.87. The van der Waals surface area contributed by atoms with E-state index in [1.807, 2.05) is 23.7 Å². The smallest absolute Gasteiger partial charge is 0.298 e. The Morgan fingerprint density at radius 1 is 1.07 bits per heavy atom. The number of pyridine rings is 1. The second-order valence-corrected chi connectivity index (χ2v) is 8.62. The van der Waals surface area contributed by atoms with Crippen LogP contribution in [0.15, 0.2) is 12.1 Å². The van der Waals surface area contributed by atoms with Crippen LogP contribution in [-0.2, 0) is 16.6 Å². The number of aromatic nitrogens is 3. The Bertz CT molecular complexity index is 853. The number of imidazole rings is 1. The van der Waals surface area contributed by atoms with Crippen LogP contribution in [0.3, 0.4) is 0 Å². The van der Waals surface area contributed by atoms with Crippen LogP contribution in [0.25, 0.3) is 11.2 Å². The van der Waals surface area contributed by atoms with E-state index in [1.165, 1.54) is 0 Å². The minimum atomic E-state index is 0.141. The molecule has 2 aliphatic carbocycles. The zero-order chi connectivity index (χ0) is 20.4. The fourth-order valence-electron chi connectivity index (χ4n) is 3.87. The molecule has 0 aromatic carbocycles. The average Bonchev–Trinajstić information content (AvgIpc) is 3.45. The second-order valence-electron chi connectivity index (χ2n) is 8.62. The number of fused-ring (bicyclic) bond motifs is 1. The van der Waals surface area contributed by atoms with Crippen molar-refractivity contribution in [1.82, 2.24) is 14.5 Å². The van der Waals surface area contributed by atoms with Gasteiger partial charge in [0.2, 0.25) is 5.88 Å². The molecule has 29 heavy (non-hydrogen) atoms. The lowest BCUT2D eigenvalue weighted by Crippen LogP contribution is -2.30. The van der Waals surface area contributed by atoms with E-state index in [1.54, 1.807) is 6.92 Å². The number of ketones is 1. The van der Waals surface area contributed by atoms with Crippen LogP contribution in [0.4, 0.5) is 0 Å². The van der Waals surface area contributed by atoms with E-state index in [2.05, 4.69) is 16.9 Å². The molecule has 2 saturated carbocycles. The third-order valence-electron chi connectivity index (χ3n) is 5.61. The van der Waals surface area contributed by atoms with Crippen molar-refractivity contribution in [3.63, 3.8) is 0 Å². The van der Waals surface area contributed by atoms with Gasteiger partial charge in [-0.1, -0.05) is 6.92 Å². The van der Waals surface area contributed by atoms with Crippen LogP contribution >= 0.6 is 0 Å². The lowest BCUT2D eigenvalue weighted by molar-refractivity contribution is -0.118. The number of nitrogens with zero attached hydrogens (tertiary/aromatic N) is 3. The molecule has 0 bridgehead atoms. The summed E-state index contributed by atoms with van der Waals surface area (Å²) in [6, 6.07) is 4.43. The highest BCUT2D eigenvalue weighted by atomic mass is 16.5.